The van der Waals surface area contributed by atoms with E-state index in [1.807, 2.05) is 0 Å². The Kier molecular flexibility index (Phi) is 4.82. The second-order valence-electron chi connectivity index (χ2n) is 5.85. The molecule has 5 nitrogen and oxygen atoms in total. The number of nitrogens with two attached hydrogens (primary N) is 2. The van der Waals surface area contributed by atoms with Crippen LogP contribution in [-0.2, 0) is 0 Å². The van der Waals surface area contributed by atoms with E-state index in [1.54, 1.807) is 12.1 Å². The standard InChI is InChI=1S/C15H24N4O/c1-10-3-2-4-11(9-10)7-8-18-15-12(16)5-6-13(19-15)14(17)20/h5-6,10-11H,2-4,7-9,16H2,1H3,(H2,17,20)(H,18,19). The minimum atomic E-state index is -0.533. The first-order valence-corrected chi connectivity index (χ1v) is 7.36. The summed E-state index contributed by atoms with van der Waals surface area (Å²) in [5.41, 5.74) is 11.9. The smallest absolute Gasteiger partial charge is 0.267 e. The SMILES string of the molecule is CC1CCCC(CCNc2nc(C(N)=O)ccc2N)C1. The van der Waals surface area contributed by atoms with Crippen LogP contribution in [0.25, 0.3) is 0 Å². The highest BCUT2D eigenvalue weighted by atomic mass is 16.1. The maximum atomic E-state index is 11.1. The van der Waals surface area contributed by atoms with Crippen molar-refractivity contribution >= 4 is 17.4 Å². The number of carbonyl (C=O) groups is 1. The number of aromatic nitrogens is 1. The van der Waals surface area contributed by atoms with Crippen molar-refractivity contribution in [1.29, 1.82) is 0 Å². The van der Waals surface area contributed by atoms with Crippen LogP contribution in [0.15, 0.2) is 12.1 Å². The molecule has 0 aliphatic heterocycles. The van der Waals surface area contributed by atoms with E-state index in [0.717, 1.165) is 24.8 Å². The number of hydrogen-bond donors (Lipinski definition) is 3. The van der Waals surface area contributed by atoms with E-state index in [-0.39, 0.29) is 5.69 Å². The molecule has 1 saturated carbocycles. The van der Waals surface area contributed by atoms with Crippen molar-refractivity contribution < 1.29 is 4.79 Å². The van der Waals surface area contributed by atoms with Gasteiger partial charge in [-0.15, -0.1) is 0 Å². The number of pyridine rings is 1. The van der Waals surface area contributed by atoms with E-state index in [0.29, 0.717) is 11.5 Å². The molecule has 1 fully saturated rings. The Labute approximate surface area is 120 Å². The van der Waals surface area contributed by atoms with E-state index in [4.69, 9.17) is 11.5 Å². The first-order chi connectivity index (χ1) is 9.56. The average Bonchev–Trinajstić information content (AvgIpc) is 2.40. The number of anilines is 2. The quantitative estimate of drug-likeness (QED) is 0.769. The minimum absolute atomic E-state index is 0.244. The Balaban J connectivity index is 1.87. The molecule has 0 aromatic carbocycles. The van der Waals surface area contributed by atoms with Crippen LogP contribution in [-0.4, -0.2) is 17.4 Å². The van der Waals surface area contributed by atoms with Crippen molar-refractivity contribution in [2.24, 2.45) is 17.6 Å². The summed E-state index contributed by atoms with van der Waals surface area (Å²) < 4.78 is 0. The normalized spacial score (nSPS) is 22.4. The Morgan fingerprint density at radius 1 is 1.45 bits per heavy atom. The summed E-state index contributed by atoms with van der Waals surface area (Å²) in [6.07, 6.45) is 6.44. The number of amides is 1. The molecular weight excluding hydrogens is 252 g/mol. The Bertz CT molecular complexity index is 475. The number of nitrogens with one attached hydrogen (secondary N) is 1. The lowest BCUT2D eigenvalue weighted by Gasteiger charge is -2.26. The van der Waals surface area contributed by atoms with Gasteiger partial charge in [-0.1, -0.05) is 26.2 Å². The summed E-state index contributed by atoms with van der Waals surface area (Å²) in [6, 6.07) is 3.21. The number of rotatable bonds is 5. The molecule has 1 aromatic rings. The maximum absolute atomic E-state index is 11.1. The average molecular weight is 276 g/mol. The maximum Gasteiger partial charge on any atom is 0.267 e. The monoisotopic (exact) mass is 276 g/mol. The van der Waals surface area contributed by atoms with Crippen molar-refractivity contribution in [3.63, 3.8) is 0 Å². The molecule has 110 valence electrons. The molecule has 2 atom stereocenters. The number of primary amides is 1. The Morgan fingerprint density at radius 2 is 2.25 bits per heavy atom. The lowest BCUT2D eigenvalue weighted by atomic mass is 9.81. The van der Waals surface area contributed by atoms with Gasteiger partial charge in [-0.3, -0.25) is 4.79 Å². The molecule has 0 bridgehead atoms. The Hall–Kier alpha value is -1.78. The number of nitrogens with zero attached hydrogens (tertiary/aromatic N) is 1. The fourth-order valence-electron chi connectivity index (χ4n) is 2.97. The zero-order chi connectivity index (χ0) is 14.5. The van der Waals surface area contributed by atoms with Gasteiger partial charge in [0.1, 0.15) is 11.5 Å². The molecular formula is C15H24N4O. The highest BCUT2D eigenvalue weighted by Gasteiger charge is 2.18. The van der Waals surface area contributed by atoms with Gasteiger partial charge in [-0.2, -0.15) is 0 Å². The zero-order valence-corrected chi connectivity index (χ0v) is 12.1. The largest absolute Gasteiger partial charge is 0.396 e. The molecule has 5 N–H and O–H groups in total. The van der Waals surface area contributed by atoms with Crippen LogP contribution in [0, 0.1) is 11.8 Å². The first kappa shape index (κ1) is 14.6. The van der Waals surface area contributed by atoms with E-state index < -0.39 is 5.91 Å². The molecule has 1 amide bonds. The van der Waals surface area contributed by atoms with E-state index in [2.05, 4.69) is 17.2 Å². The molecule has 1 aliphatic rings. The molecule has 2 rings (SSSR count). The van der Waals surface area contributed by atoms with E-state index in [9.17, 15) is 4.79 Å². The second kappa shape index (κ2) is 6.59. The van der Waals surface area contributed by atoms with Crippen molar-refractivity contribution in [2.45, 2.75) is 39.0 Å². The summed E-state index contributed by atoms with van der Waals surface area (Å²) in [4.78, 5) is 15.3. The van der Waals surface area contributed by atoms with Crippen molar-refractivity contribution in [3.8, 4) is 0 Å². The molecule has 20 heavy (non-hydrogen) atoms. The lowest BCUT2D eigenvalue weighted by molar-refractivity contribution is 0.0995. The molecule has 0 radical (unpaired) electrons. The van der Waals surface area contributed by atoms with Crippen LogP contribution >= 0.6 is 0 Å². The van der Waals surface area contributed by atoms with Gasteiger partial charge in [0.15, 0.2) is 0 Å². The zero-order valence-electron chi connectivity index (χ0n) is 12.1. The molecule has 2 unspecified atom stereocenters. The number of carbonyl (C=O) groups excluding carboxylic acids is 1. The molecule has 0 saturated heterocycles. The van der Waals surface area contributed by atoms with Gasteiger partial charge in [0.05, 0.1) is 5.69 Å². The summed E-state index contributed by atoms with van der Waals surface area (Å²) in [7, 11) is 0. The summed E-state index contributed by atoms with van der Waals surface area (Å²) >= 11 is 0. The highest BCUT2D eigenvalue weighted by Crippen LogP contribution is 2.30. The molecule has 1 aliphatic carbocycles. The topological polar surface area (TPSA) is 94.0 Å². The predicted octanol–water partition coefficient (Wildman–Crippen LogP) is 2.39. The fraction of sp³-hybridized carbons (Fsp3) is 0.600. The minimum Gasteiger partial charge on any atom is -0.396 e. The van der Waals surface area contributed by atoms with Crippen molar-refractivity contribution in [2.75, 3.05) is 17.6 Å². The van der Waals surface area contributed by atoms with Gasteiger partial charge in [0, 0.05) is 6.54 Å². The summed E-state index contributed by atoms with van der Waals surface area (Å²) in [6.45, 7) is 3.16. The van der Waals surface area contributed by atoms with Crippen molar-refractivity contribution in [1.82, 2.24) is 4.98 Å². The third kappa shape index (κ3) is 3.85. The first-order valence-electron chi connectivity index (χ1n) is 7.36. The van der Waals surface area contributed by atoms with Gasteiger partial charge in [-0.05, 0) is 36.8 Å². The van der Waals surface area contributed by atoms with Gasteiger partial charge >= 0.3 is 0 Å². The number of nitrogen functional groups attached to an aromatic ring is 1. The van der Waals surface area contributed by atoms with E-state index in [1.165, 1.54) is 25.7 Å². The third-order valence-corrected chi connectivity index (χ3v) is 4.07. The summed E-state index contributed by atoms with van der Waals surface area (Å²) in [5, 5.41) is 3.23. The third-order valence-electron chi connectivity index (χ3n) is 4.07. The molecule has 5 heteroatoms. The van der Waals surface area contributed by atoms with Gasteiger partial charge in [0.2, 0.25) is 0 Å². The van der Waals surface area contributed by atoms with Gasteiger partial charge < -0.3 is 16.8 Å². The summed E-state index contributed by atoms with van der Waals surface area (Å²) in [5.74, 6) is 1.65. The lowest BCUT2D eigenvalue weighted by Crippen LogP contribution is -2.18. The van der Waals surface area contributed by atoms with Crippen LogP contribution in [0.3, 0.4) is 0 Å². The Morgan fingerprint density at radius 3 is 2.95 bits per heavy atom. The molecule has 0 spiro atoms. The van der Waals surface area contributed by atoms with Crippen LogP contribution in [0.1, 0.15) is 49.5 Å². The predicted molar refractivity (Wildman–Crippen MR) is 81.4 cm³/mol. The van der Waals surface area contributed by atoms with Crippen molar-refractivity contribution in [3.05, 3.63) is 17.8 Å². The van der Waals surface area contributed by atoms with Crippen LogP contribution in [0.2, 0.25) is 0 Å². The van der Waals surface area contributed by atoms with Gasteiger partial charge in [0.25, 0.3) is 5.91 Å². The van der Waals surface area contributed by atoms with Crippen LogP contribution in [0.5, 0.6) is 0 Å². The number of hydrogen-bond acceptors (Lipinski definition) is 4. The highest BCUT2D eigenvalue weighted by molar-refractivity contribution is 5.91. The second-order valence-corrected chi connectivity index (χ2v) is 5.85. The fourth-order valence-corrected chi connectivity index (χ4v) is 2.97. The molecule has 1 heterocycles. The van der Waals surface area contributed by atoms with E-state index >= 15 is 0 Å². The van der Waals surface area contributed by atoms with Gasteiger partial charge in [-0.25, -0.2) is 4.98 Å². The molecule has 1 aromatic heterocycles. The van der Waals surface area contributed by atoms with Crippen LogP contribution in [0.4, 0.5) is 11.5 Å². The van der Waals surface area contributed by atoms with Crippen LogP contribution < -0.4 is 16.8 Å².